The Kier molecular flexibility index (Phi) is 4.83. The van der Waals surface area contributed by atoms with Crippen LogP contribution in [-0.4, -0.2) is 23.5 Å². The molecule has 0 saturated carbocycles. The van der Waals surface area contributed by atoms with Gasteiger partial charge in [-0.15, -0.1) is 0 Å². The van der Waals surface area contributed by atoms with Gasteiger partial charge in [-0.05, 0) is 42.8 Å². The van der Waals surface area contributed by atoms with E-state index in [4.69, 9.17) is 9.52 Å². The molecule has 0 atom stereocenters. The number of benzene rings is 1. The Bertz CT molecular complexity index is 674. The summed E-state index contributed by atoms with van der Waals surface area (Å²) < 4.78 is 5.42. The molecule has 1 heterocycles. The largest absolute Gasteiger partial charge is 0.508 e. The van der Waals surface area contributed by atoms with Crippen molar-refractivity contribution in [3.63, 3.8) is 0 Å². The number of furan rings is 1. The zero-order chi connectivity index (χ0) is 16.1. The fourth-order valence-corrected chi connectivity index (χ4v) is 1.98. The summed E-state index contributed by atoms with van der Waals surface area (Å²) in [5.41, 5.74) is 1.46. The zero-order valence-corrected chi connectivity index (χ0v) is 12.5. The molecule has 0 spiro atoms. The number of hydrogen-bond donors (Lipinski definition) is 3. The number of nitrogens with one attached hydrogen (secondary N) is 2. The highest BCUT2D eigenvalue weighted by Crippen LogP contribution is 2.15. The third kappa shape index (κ3) is 3.88. The van der Waals surface area contributed by atoms with Crippen molar-refractivity contribution in [1.29, 1.82) is 0 Å². The zero-order valence-electron chi connectivity index (χ0n) is 12.5. The van der Waals surface area contributed by atoms with Crippen molar-refractivity contribution in [2.75, 3.05) is 11.9 Å². The average Bonchev–Trinajstić information content (AvgIpc) is 2.88. The predicted molar refractivity (Wildman–Crippen MR) is 81.9 cm³/mol. The molecule has 6 heteroatoms. The van der Waals surface area contributed by atoms with Gasteiger partial charge in [0.15, 0.2) is 5.76 Å². The van der Waals surface area contributed by atoms with Gasteiger partial charge in [0.25, 0.3) is 5.91 Å². The molecule has 0 fully saturated rings. The van der Waals surface area contributed by atoms with Crippen LogP contribution < -0.4 is 10.6 Å². The highest BCUT2D eigenvalue weighted by Gasteiger charge is 2.14. The lowest BCUT2D eigenvalue weighted by molar-refractivity contribution is -0.115. The second kappa shape index (κ2) is 6.80. The van der Waals surface area contributed by atoms with Gasteiger partial charge >= 0.3 is 0 Å². The molecular weight excluding hydrogens is 284 g/mol. The molecule has 0 unspecified atom stereocenters. The Morgan fingerprint density at radius 3 is 2.50 bits per heavy atom. The van der Waals surface area contributed by atoms with E-state index in [-0.39, 0.29) is 24.0 Å². The predicted octanol–water partition coefficient (Wildman–Crippen LogP) is 2.22. The van der Waals surface area contributed by atoms with Crippen molar-refractivity contribution in [2.45, 2.75) is 20.3 Å². The Labute approximate surface area is 128 Å². The maximum atomic E-state index is 11.9. The molecule has 2 aromatic rings. The van der Waals surface area contributed by atoms with Gasteiger partial charge in [-0.1, -0.05) is 6.92 Å². The van der Waals surface area contributed by atoms with E-state index >= 15 is 0 Å². The van der Waals surface area contributed by atoms with Gasteiger partial charge < -0.3 is 20.2 Å². The van der Waals surface area contributed by atoms with Gasteiger partial charge in [0.1, 0.15) is 11.5 Å². The number of phenolic OH excluding ortho intramolecular Hbond substituents is 1. The molecule has 2 rings (SSSR count). The maximum Gasteiger partial charge on any atom is 0.287 e. The average molecular weight is 302 g/mol. The first-order valence-corrected chi connectivity index (χ1v) is 6.96. The molecule has 0 saturated heterocycles. The van der Waals surface area contributed by atoms with Crippen LogP contribution in [-0.2, 0) is 11.2 Å². The molecule has 1 aromatic carbocycles. The number of hydrogen-bond acceptors (Lipinski definition) is 4. The van der Waals surface area contributed by atoms with Gasteiger partial charge in [-0.2, -0.15) is 0 Å². The van der Waals surface area contributed by atoms with Crippen LogP contribution in [0.25, 0.3) is 0 Å². The minimum atomic E-state index is -0.427. The standard InChI is InChI=1S/C16H18N2O4/c1-3-13-10(2)8-14(22-13)16(21)17-9-15(20)18-11-4-6-12(19)7-5-11/h4-8,19H,3,9H2,1-2H3,(H,17,21)(H,18,20). The first-order chi connectivity index (χ1) is 10.5. The fourth-order valence-electron chi connectivity index (χ4n) is 1.98. The van der Waals surface area contributed by atoms with Gasteiger partial charge in [-0.25, -0.2) is 0 Å². The third-order valence-electron chi connectivity index (χ3n) is 3.13. The number of carbonyl (C=O) groups excluding carboxylic acids is 2. The van der Waals surface area contributed by atoms with Gasteiger partial charge in [0.2, 0.25) is 5.91 Å². The smallest absolute Gasteiger partial charge is 0.287 e. The lowest BCUT2D eigenvalue weighted by Gasteiger charge is -2.06. The fraction of sp³-hybridized carbons (Fsp3) is 0.250. The van der Waals surface area contributed by atoms with Crippen LogP contribution in [0.15, 0.2) is 34.7 Å². The maximum absolute atomic E-state index is 11.9. The van der Waals surface area contributed by atoms with E-state index in [0.717, 1.165) is 11.3 Å². The molecule has 6 nitrogen and oxygen atoms in total. The quantitative estimate of drug-likeness (QED) is 0.739. The number of carbonyl (C=O) groups is 2. The molecule has 0 aliphatic rings. The highest BCUT2D eigenvalue weighted by molar-refractivity contribution is 5.98. The SMILES string of the molecule is CCc1oc(C(=O)NCC(=O)Nc2ccc(O)cc2)cc1C. The third-order valence-corrected chi connectivity index (χ3v) is 3.13. The van der Waals surface area contributed by atoms with E-state index in [0.29, 0.717) is 12.1 Å². The first-order valence-electron chi connectivity index (χ1n) is 6.96. The van der Waals surface area contributed by atoms with Crippen molar-refractivity contribution < 1.29 is 19.1 Å². The molecular formula is C16H18N2O4. The minimum absolute atomic E-state index is 0.117. The summed E-state index contributed by atoms with van der Waals surface area (Å²) in [6.07, 6.45) is 0.709. The van der Waals surface area contributed by atoms with Gasteiger partial charge in [-0.3, -0.25) is 9.59 Å². The molecule has 0 aliphatic heterocycles. The summed E-state index contributed by atoms with van der Waals surface area (Å²) in [5, 5.41) is 14.3. The summed E-state index contributed by atoms with van der Waals surface area (Å²) in [7, 11) is 0. The molecule has 0 aliphatic carbocycles. The van der Waals surface area contributed by atoms with Crippen LogP contribution in [0.5, 0.6) is 5.75 Å². The number of rotatable bonds is 5. The number of phenols is 1. The summed E-state index contributed by atoms with van der Waals surface area (Å²) in [6, 6.07) is 7.72. The molecule has 0 radical (unpaired) electrons. The number of anilines is 1. The van der Waals surface area contributed by atoms with Crippen LogP contribution in [0.1, 0.15) is 28.8 Å². The molecule has 1 aromatic heterocycles. The molecule has 116 valence electrons. The summed E-state index contributed by atoms with van der Waals surface area (Å²) in [6.45, 7) is 3.65. The van der Waals surface area contributed by atoms with E-state index < -0.39 is 5.91 Å². The van der Waals surface area contributed by atoms with Crippen molar-refractivity contribution in [3.8, 4) is 5.75 Å². The van der Waals surface area contributed by atoms with E-state index in [1.54, 1.807) is 18.2 Å². The van der Waals surface area contributed by atoms with Crippen LogP contribution in [0, 0.1) is 6.92 Å². The van der Waals surface area contributed by atoms with Crippen molar-refractivity contribution >= 4 is 17.5 Å². The lowest BCUT2D eigenvalue weighted by Crippen LogP contribution is -2.32. The molecule has 2 amide bonds. The Balaban J connectivity index is 1.87. The Hall–Kier alpha value is -2.76. The summed E-state index contributed by atoms with van der Waals surface area (Å²) in [4.78, 5) is 23.7. The summed E-state index contributed by atoms with van der Waals surface area (Å²) >= 11 is 0. The van der Waals surface area contributed by atoms with Crippen LogP contribution in [0.3, 0.4) is 0 Å². The number of amides is 2. The topological polar surface area (TPSA) is 91.6 Å². The molecule has 0 bridgehead atoms. The lowest BCUT2D eigenvalue weighted by atomic mass is 10.2. The van der Waals surface area contributed by atoms with E-state index in [9.17, 15) is 9.59 Å². The van der Waals surface area contributed by atoms with E-state index in [2.05, 4.69) is 10.6 Å². The summed E-state index contributed by atoms with van der Waals surface area (Å²) in [5.74, 6) is 0.290. The van der Waals surface area contributed by atoms with E-state index in [1.807, 2.05) is 13.8 Å². The first kappa shape index (κ1) is 15.6. The second-order valence-corrected chi connectivity index (χ2v) is 4.85. The van der Waals surface area contributed by atoms with Crippen molar-refractivity contribution in [1.82, 2.24) is 5.32 Å². The molecule has 3 N–H and O–H groups in total. The Morgan fingerprint density at radius 2 is 1.91 bits per heavy atom. The molecule has 22 heavy (non-hydrogen) atoms. The normalized spacial score (nSPS) is 10.3. The van der Waals surface area contributed by atoms with Crippen molar-refractivity contribution in [2.24, 2.45) is 0 Å². The van der Waals surface area contributed by atoms with Crippen LogP contribution >= 0.6 is 0 Å². The van der Waals surface area contributed by atoms with E-state index in [1.165, 1.54) is 12.1 Å². The van der Waals surface area contributed by atoms with Gasteiger partial charge in [0.05, 0.1) is 6.54 Å². The van der Waals surface area contributed by atoms with Crippen LogP contribution in [0.4, 0.5) is 5.69 Å². The van der Waals surface area contributed by atoms with Gasteiger partial charge in [0, 0.05) is 12.1 Å². The number of aryl methyl sites for hydroxylation is 2. The Morgan fingerprint density at radius 1 is 1.23 bits per heavy atom. The second-order valence-electron chi connectivity index (χ2n) is 4.85. The monoisotopic (exact) mass is 302 g/mol. The van der Waals surface area contributed by atoms with Crippen molar-refractivity contribution in [3.05, 3.63) is 47.4 Å². The number of aromatic hydroxyl groups is 1. The highest BCUT2D eigenvalue weighted by atomic mass is 16.4. The van der Waals surface area contributed by atoms with Crippen LogP contribution in [0.2, 0.25) is 0 Å². The minimum Gasteiger partial charge on any atom is -0.508 e.